The highest BCUT2D eigenvalue weighted by Gasteiger charge is 2.50. The predicted molar refractivity (Wildman–Crippen MR) is 195 cm³/mol. The molecule has 5 aromatic carbocycles. The summed E-state index contributed by atoms with van der Waals surface area (Å²) in [5.41, 5.74) is 19.1. The summed E-state index contributed by atoms with van der Waals surface area (Å²) in [4.78, 5) is 0. The second-order valence-corrected chi connectivity index (χ2v) is 18.9. The standard InChI is InChI=1S/C42H38N2Si/c1-25-18-20-38-35(22-25)39-40(44(38)4)30-13-7-8-14-31(30)42(39)45(5,6)41-26(2)23-33-28(15-11-16-32(33)41)27-19-21-37-34(24-27)29-12-9-10-17-36(29)43(37)3/h7-24,41-42H,1-6H3. The number of hydrogen-bond donors (Lipinski definition) is 0. The molecule has 0 bridgehead atoms. The van der Waals surface area contributed by atoms with Gasteiger partial charge in [0.05, 0.1) is 13.8 Å². The van der Waals surface area contributed by atoms with Gasteiger partial charge in [-0.05, 0) is 77.6 Å². The van der Waals surface area contributed by atoms with Crippen molar-refractivity contribution in [2.24, 2.45) is 14.1 Å². The number of benzene rings is 5. The van der Waals surface area contributed by atoms with E-state index in [2.05, 4.69) is 159 Å². The maximum Gasteiger partial charge on any atom is 0.0727 e. The molecule has 2 heterocycles. The summed E-state index contributed by atoms with van der Waals surface area (Å²) in [6.07, 6.45) is 2.52. The first-order valence-electron chi connectivity index (χ1n) is 16.2. The van der Waals surface area contributed by atoms with Gasteiger partial charge in [0, 0.05) is 63.4 Å². The summed E-state index contributed by atoms with van der Waals surface area (Å²) < 4.78 is 4.78. The fourth-order valence-electron chi connectivity index (χ4n) is 9.39. The van der Waals surface area contributed by atoms with E-state index in [1.165, 1.54) is 82.9 Å². The second-order valence-electron chi connectivity index (χ2n) is 14.1. The smallest absolute Gasteiger partial charge is 0.0727 e. The molecule has 2 nitrogen and oxygen atoms in total. The quantitative estimate of drug-likeness (QED) is 0.179. The van der Waals surface area contributed by atoms with E-state index in [0.29, 0.717) is 11.1 Å². The summed E-state index contributed by atoms with van der Waals surface area (Å²) in [7, 11) is 2.38. The Bertz CT molecular complexity index is 2410. The van der Waals surface area contributed by atoms with E-state index in [1.54, 1.807) is 5.56 Å². The fourth-order valence-corrected chi connectivity index (χ4v) is 14.1. The highest BCUT2D eigenvalue weighted by atomic mass is 28.3. The average Bonchev–Trinajstić information content (AvgIpc) is 3.74. The van der Waals surface area contributed by atoms with Crippen LogP contribution in [0.25, 0.3) is 61.2 Å². The molecule has 0 radical (unpaired) electrons. The largest absolute Gasteiger partial charge is 0.344 e. The number of allylic oxidation sites excluding steroid dienone is 1. The number of para-hydroxylation sites is 1. The van der Waals surface area contributed by atoms with Gasteiger partial charge in [-0.1, -0.05) is 103 Å². The predicted octanol–water partition coefficient (Wildman–Crippen LogP) is 10.9. The molecule has 0 saturated carbocycles. The van der Waals surface area contributed by atoms with Crippen LogP contribution >= 0.6 is 0 Å². The van der Waals surface area contributed by atoms with Crippen molar-refractivity contribution < 1.29 is 0 Å². The average molecular weight is 599 g/mol. The number of fused-ring (bicyclic) bond motifs is 9. The van der Waals surface area contributed by atoms with Gasteiger partial charge in [-0.15, -0.1) is 0 Å². The minimum atomic E-state index is -2.06. The van der Waals surface area contributed by atoms with Gasteiger partial charge in [0.1, 0.15) is 0 Å². The van der Waals surface area contributed by atoms with E-state index < -0.39 is 8.07 Å². The van der Waals surface area contributed by atoms with Gasteiger partial charge < -0.3 is 9.13 Å². The third kappa shape index (κ3) is 3.50. The van der Waals surface area contributed by atoms with E-state index in [9.17, 15) is 0 Å². The van der Waals surface area contributed by atoms with E-state index in [-0.39, 0.29) is 0 Å². The Morgan fingerprint density at radius 2 is 1.27 bits per heavy atom. The number of aryl methyl sites for hydroxylation is 3. The summed E-state index contributed by atoms with van der Waals surface area (Å²) in [5, 5.41) is 4.09. The Balaban J connectivity index is 1.22. The maximum absolute atomic E-state index is 2.66. The zero-order valence-electron chi connectivity index (χ0n) is 26.9. The van der Waals surface area contributed by atoms with Crippen molar-refractivity contribution in [3.63, 3.8) is 0 Å². The van der Waals surface area contributed by atoms with Crippen molar-refractivity contribution in [3.05, 3.63) is 137 Å². The number of nitrogens with zero attached hydrogens (tertiary/aromatic N) is 2. The van der Waals surface area contributed by atoms with Crippen molar-refractivity contribution in [2.75, 3.05) is 0 Å². The van der Waals surface area contributed by atoms with Crippen molar-refractivity contribution in [2.45, 2.75) is 38.0 Å². The lowest BCUT2D eigenvalue weighted by molar-refractivity contribution is 0.970. The first-order valence-corrected chi connectivity index (χ1v) is 19.4. The molecule has 45 heavy (non-hydrogen) atoms. The van der Waals surface area contributed by atoms with Gasteiger partial charge in [-0.3, -0.25) is 0 Å². The molecule has 7 aromatic rings. The van der Waals surface area contributed by atoms with Gasteiger partial charge in [-0.2, -0.15) is 0 Å². The van der Waals surface area contributed by atoms with Crippen molar-refractivity contribution >= 4 is 46.9 Å². The summed E-state index contributed by atoms with van der Waals surface area (Å²) >= 11 is 0. The third-order valence-corrected chi connectivity index (χ3v) is 15.5. The molecule has 0 saturated heterocycles. The minimum Gasteiger partial charge on any atom is -0.344 e. The molecule has 9 rings (SSSR count). The molecular formula is C42H38N2Si. The van der Waals surface area contributed by atoms with Crippen LogP contribution in [0.5, 0.6) is 0 Å². The molecule has 0 aliphatic heterocycles. The Hall–Kier alpha value is -4.60. The lowest BCUT2D eigenvalue weighted by Crippen LogP contribution is -2.42. The van der Waals surface area contributed by atoms with Crippen LogP contribution in [0.1, 0.15) is 45.8 Å². The molecule has 2 aliphatic carbocycles. The SMILES string of the molecule is CC1=Cc2c(-c3ccc4c(c3)c3ccccc3n4C)cccc2C1[Si](C)(C)C1c2ccccc2-c2c1c1cc(C)ccc1n2C. The van der Waals surface area contributed by atoms with Gasteiger partial charge in [0.2, 0.25) is 0 Å². The van der Waals surface area contributed by atoms with E-state index in [1.807, 2.05) is 0 Å². The first kappa shape index (κ1) is 26.8. The van der Waals surface area contributed by atoms with Crippen molar-refractivity contribution in [3.8, 4) is 22.4 Å². The van der Waals surface area contributed by atoms with Gasteiger partial charge >= 0.3 is 0 Å². The van der Waals surface area contributed by atoms with E-state index in [4.69, 9.17) is 0 Å². The third-order valence-electron chi connectivity index (χ3n) is 11.2. The van der Waals surface area contributed by atoms with Crippen molar-refractivity contribution in [1.82, 2.24) is 9.13 Å². The van der Waals surface area contributed by atoms with Crippen LogP contribution in [-0.2, 0) is 14.1 Å². The Labute approximate surface area is 266 Å². The monoisotopic (exact) mass is 598 g/mol. The molecule has 2 unspecified atom stereocenters. The van der Waals surface area contributed by atoms with Crippen LogP contribution in [0.2, 0.25) is 13.1 Å². The number of rotatable bonds is 3. The van der Waals surface area contributed by atoms with Crippen LogP contribution in [0.4, 0.5) is 0 Å². The maximum atomic E-state index is 2.66. The summed E-state index contributed by atoms with van der Waals surface area (Å²) in [6.45, 7) is 9.94. The zero-order chi connectivity index (χ0) is 30.8. The van der Waals surface area contributed by atoms with Gasteiger partial charge in [-0.25, -0.2) is 0 Å². The summed E-state index contributed by atoms with van der Waals surface area (Å²) in [5.74, 6) is 0. The molecule has 220 valence electrons. The van der Waals surface area contributed by atoms with Crippen LogP contribution in [0.15, 0.2) is 109 Å². The van der Waals surface area contributed by atoms with Crippen molar-refractivity contribution in [1.29, 1.82) is 0 Å². The highest BCUT2D eigenvalue weighted by Crippen LogP contribution is 2.58. The topological polar surface area (TPSA) is 9.86 Å². The molecule has 0 amide bonds. The van der Waals surface area contributed by atoms with Crippen LogP contribution in [0.3, 0.4) is 0 Å². The zero-order valence-corrected chi connectivity index (χ0v) is 27.9. The molecule has 0 N–H and O–H groups in total. The van der Waals surface area contributed by atoms with Crippen LogP contribution in [0, 0.1) is 6.92 Å². The van der Waals surface area contributed by atoms with E-state index >= 15 is 0 Å². The lowest BCUT2D eigenvalue weighted by atomic mass is 9.96. The number of hydrogen-bond acceptors (Lipinski definition) is 0. The highest BCUT2D eigenvalue weighted by molar-refractivity contribution is 6.82. The normalized spacial score (nSPS) is 17.2. The molecule has 3 heteroatoms. The molecule has 0 fully saturated rings. The number of aromatic nitrogens is 2. The molecular weight excluding hydrogens is 561 g/mol. The fraction of sp³-hybridized carbons (Fsp3) is 0.190. The summed E-state index contributed by atoms with van der Waals surface area (Å²) in [6, 6.07) is 39.2. The second kappa shape index (κ2) is 9.21. The Morgan fingerprint density at radius 3 is 2.13 bits per heavy atom. The van der Waals surface area contributed by atoms with Gasteiger partial charge in [0.25, 0.3) is 0 Å². The van der Waals surface area contributed by atoms with Crippen LogP contribution < -0.4 is 0 Å². The molecule has 2 aliphatic rings. The Morgan fingerprint density at radius 1 is 0.578 bits per heavy atom. The molecule has 0 spiro atoms. The Kier molecular flexibility index (Phi) is 5.48. The molecule has 2 aromatic heterocycles. The van der Waals surface area contributed by atoms with Crippen LogP contribution in [-0.4, -0.2) is 17.2 Å². The lowest BCUT2D eigenvalue weighted by Gasteiger charge is -2.38. The first-order chi connectivity index (χ1) is 21.8. The minimum absolute atomic E-state index is 0.421. The van der Waals surface area contributed by atoms with E-state index in [0.717, 1.165) is 0 Å². The molecule has 2 atom stereocenters. The van der Waals surface area contributed by atoms with Gasteiger partial charge in [0.15, 0.2) is 0 Å².